The summed E-state index contributed by atoms with van der Waals surface area (Å²) in [5.41, 5.74) is 9.51. The van der Waals surface area contributed by atoms with Gasteiger partial charge in [0.1, 0.15) is 17.8 Å². The highest BCUT2D eigenvalue weighted by atomic mass is 35.5. The lowest BCUT2D eigenvalue weighted by Crippen LogP contribution is -2.32. The molecule has 0 spiro atoms. The third-order valence-corrected chi connectivity index (χ3v) is 4.54. The number of anilines is 1. The van der Waals surface area contributed by atoms with Gasteiger partial charge in [-0.05, 0) is 24.9 Å². The highest BCUT2D eigenvalue weighted by Crippen LogP contribution is 2.32. The van der Waals surface area contributed by atoms with Crippen LogP contribution in [-0.2, 0) is 6.61 Å². The Labute approximate surface area is 151 Å². The largest absolute Gasteiger partial charge is 0.392 e. The van der Waals surface area contributed by atoms with E-state index < -0.39 is 0 Å². The molecular weight excluding hydrogens is 340 g/mol. The number of piperidine rings is 1. The van der Waals surface area contributed by atoms with Crippen LogP contribution in [0.3, 0.4) is 0 Å². The van der Waals surface area contributed by atoms with E-state index in [0.29, 0.717) is 5.82 Å². The Morgan fingerprint density at radius 2 is 2.04 bits per heavy atom. The molecule has 7 nitrogen and oxygen atoms in total. The summed E-state index contributed by atoms with van der Waals surface area (Å²) in [5.74, 6) is 0.441. The number of nitrogens with one attached hydrogen (secondary N) is 1. The van der Waals surface area contributed by atoms with Gasteiger partial charge in [-0.2, -0.15) is 5.10 Å². The van der Waals surface area contributed by atoms with Gasteiger partial charge in [0.25, 0.3) is 0 Å². The van der Waals surface area contributed by atoms with Crippen LogP contribution in [-0.4, -0.2) is 37.9 Å². The Morgan fingerprint density at radius 1 is 1.24 bits per heavy atom. The third-order valence-electron chi connectivity index (χ3n) is 4.54. The summed E-state index contributed by atoms with van der Waals surface area (Å²) in [6.07, 6.45) is 3.68. The molecule has 1 aliphatic rings. The number of hydrogen-bond acceptors (Lipinski definition) is 6. The third kappa shape index (κ3) is 3.18. The van der Waals surface area contributed by atoms with Crippen LogP contribution in [0.15, 0.2) is 30.6 Å². The molecule has 25 heavy (non-hydrogen) atoms. The van der Waals surface area contributed by atoms with E-state index >= 15 is 0 Å². The second kappa shape index (κ2) is 7.35. The van der Waals surface area contributed by atoms with E-state index in [0.717, 1.165) is 53.8 Å². The number of aliphatic hydroxyl groups is 1. The van der Waals surface area contributed by atoms with Crippen molar-refractivity contribution in [2.75, 3.05) is 18.8 Å². The molecule has 0 unspecified atom stereocenters. The Hall–Kier alpha value is -2.22. The number of nitrogens with two attached hydrogens (primary N) is 1. The fourth-order valence-corrected chi connectivity index (χ4v) is 3.26. The Bertz CT molecular complexity index is 857. The SMILES string of the molecule is Cl.Nc1ncnc2c1c(-c1ccc(CO)cc1)nn2[C@@H]1CCCNC1. The summed E-state index contributed by atoms with van der Waals surface area (Å²) in [4.78, 5) is 8.58. The molecule has 0 aliphatic carbocycles. The molecule has 0 bridgehead atoms. The van der Waals surface area contributed by atoms with E-state index in [1.807, 2.05) is 28.9 Å². The molecule has 4 rings (SSSR count). The van der Waals surface area contributed by atoms with Crippen molar-refractivity contribution in [3.63, 3.8) is 0 Å². The van der Waals surface area contributed by atoms with Gasteiger partial charge >= 0.3 is 0 Å². The minimum atomic E-state index is 0. The molecule has 1 atom stereocenters. The van der Waals surface area contributed by atoms with Crippen LogP contribution < -0.4 is 11.1 Å². The van der Waals surface area contributed by atoms with Crippen molar-refractivity contribution in [3.8, 4) is 11.3 Å². The number of halogens is 1. The van der Waals surface area contributed by atoms with Crippen molar-refractivity contribution in [2.45, 2.75) is 25.5 Å². The van der Waals surface area contributed by atoms with E-state index in [-0.39, 0.29) is 25.1 Å². The first kappa shape index (κ1) is 17.6. The number of benzene rings is 1. The lowest BCUT2D eigenvalue weighted by molar-refractivity contribution is 0.282. The molecule has 1 aromatic carbocycles. The van der Waals surface area contributed by atoms with E-state index in [1.165, 1.54) is 6.33 Å². The van der Waals surface area contributed by atoms with Crippen LogP contribution in [0.1, 0.15) is 24.4 Å². The van der Waals surface area contributed by atoms with Gasteiger partial charge in [-0.15, -0.1) is 12.4 Å². The molecule has 4 N–H and O–H groups in total. The summed E-state index contributed by atoms with van der Waals surface area (Å²) >= 11 is 0. The normalized spacial score (nSPS) is 17.4. The number of fused-ring (bicyclic) bond motifs is 1. The van der Waals surface area contributed by atoms with Gasteiger partial charge in [-0.1, -0.05) is 24.3 Å². The maximum atomic E-state index is 9.22. The van der Waals surface area contributed by atoms with Crippen LogP contribution in [0.2, 0.25) is 0 Å². The molecule has 1 saturated heterocycles. The molecule has 3 heterocycles. The summed E-state index contributed by atoms with van der Waals surface area (Å²) in [7, 11) is 0. The van der Waals surface area contributed by atoms with E-state index in [2.05, 4.69) is 15.3 Å². The second-order valence-electron chi connectivity index (χ2n) is 6.11. The predicted octanol–water partition coefficient (Wildman–Crippen LogP) is 1.91. The van der Waals surface area contributed by atoms with Crippen molar-refractivity contribution in [1.29, 1.82) is 0 Å². The highest BCUT2D eigenvalue weighted by Gasteiger charge is 2.23. The monoisotopic (exact) mass is 360 g/mol. The molecule has 2 aromatic heterocycles. The van der Waals surface area contributed by atoms with Gasteiger partial charge in [0, 0.05) is 12.1 Å². The number of aromatic nitrogens is 4. The Kier molecular flexibility index (Phi) is 5.17. The average Bonchev–Trinajstić information content (AvgIpc) is 3.04. The van der Waals surface area contributed by atoms with Crippen molar-refractivity contribution in [1.82, 2.24) is 25.1 Å². The first-order valence-electron chi connectivity index (χ1n) is 8.17. The average molecular weight is 361 g/mol. The lowest BCUT2D eigenvalue weighted by atomic mass is 10.1. The maximum Gasteiger partial charge on any atom is 0.164 e. The fourth-order valence-electron chi connectivity index (χ4n) is 3.26. The zero-order valence-electron chi connectivity index (χ0n) is 13.7. The zero-order chi connectivity index (χ0) is 16.5. The van der Waals surface area contributed by atoms with E-state index in [1.54, 1.807) is 0 Å². The molecule has 0 amide bonds. The summed E-state index contributed by atoms with van der Waals surface area (Å²) < 4.78 is 1.98. The lowest BCUT2D eigenvalue weighted by Gasteiger charge is -2.23. The molecular formula is C17H21ClN6O. The smallest absolute Gasteiger partial charge is 0.164 e. The predicted molar refractivity (Wildman–Crippen MR) is 99.5 cm³/mol. The highest BCUT2D eigenvalue weighted by molar-refractivity contribution is 5.98. The molecule has 0 saturated carbocycles. The van der Waals surface area contributed by atoms with E-state index in [9.17, 15) is 5.11 Å². The van der Waals surface area contributed by atoms with Gasteiger partial charge in [-0.25, -0.2) is 14.6 Å². The van der Waals surface area contributed by atoms with Crippen LogP contribution in [0, 0.1) is 0 Å². The van der Waals surface area contributed by atoms with Crippen molar-refractivity contribution in [2.24, 2.45) is 0 Å². The quantitative estimate of drug-likeness (QED) is 0.659. The van der Waals surface area contributed by atoms with Gasteiger partial charge in [0.2, 0.25) is 0 Å². The first-order chi connectivity index (χ1) is 11.8. The van der Waals surface area contributed by atoms with Gasteiger partial charge < -0.3 is 16.2 Å². The minimum Gasteiger partial charge on any atom is -0.392 e. The van der Waals surface area contributed by atoms with Gasteiger partial charge in [-0.3, -0.25) is 0 Å². The van der Waals surface area contributed by atoms with Crippen LogP contribution >= 0.6 is 12.4 Å². The van der Waals surface area contributed by atoms with Crippen molar-refractivity contribution >= 4 is 29.3 Å². The van der Waals surface area contributed by atoms with Crippen LogP contribution in [0.5, 0.6) is 0 Å². The molecule has 0 radical (unpaired) electrons. The van der Waals surface area contributed by atoms with Crippen LogP contribution in [0.4, 0.5) is 5.82 Å². The molecule has 1 aliphatic heterocycles. The van der Waals surface area contributed by atoms with Crippen molar-refractivity contribution < 1.29 is 5.11 Å². The summed E-state index contributed by atoms with van der Waals surface area (Å²) in [5, 5.41) is 18.3. The number of rotatable bonds is 3. The van der Waals surface area contributed by atoms with Crippen LogP contribution in [0.25, 0.3) is 22.3 Å². The fraction of sp³-hybridized carbons (Fsp3) is 0.353. The second-order valence-corrected chi connectivity index (χ2v) is 6.11. The zero-order valence-corrected chi connectivity index (χ0v) is 14.5. The Morgan fingerprint density at radius 3 is 2.72 bits per heavy atom. The molecule has 1 fully saturated rings. The summed E-state index contributed by atoms with van der Waals surface area (Å²) in [6, 6.07) is 7.94. The number of aliphatic hydroxyl groups excluding tert-OH is 1. The van der Waals surface area contributed by atoms with Crippen molar-refractivity contribution in [3.05, 3.63) is 36.2 Å². The standard InChI is InChI=1S/C17H20N6O.ClH/c18-16-14-15(12-5-3-11(9-24)4-6-12)22-23(17(14)21-10-20-16)13-2-1-7-19-8-13;/h3-6,10,13,19,24H,1-2,7-9H2,(H2,18,20,21);1H/t13-;/m1./s1. The maximum absolute atomic E-state index is 9.22. The molecule has 8 heteroatoms. The Balaban J connectivity index is 0.00000182. The number of nitrogen functional groups attached to an aromatic ring is 1. The summed E-state index contributed by atoms with van der Waals surface area (Å²) in [6.45, 7) is 1.94. The number of hydrogen-bond donors (Lipinski definition) is 3. The minimum absolute atomic E-state index is 0. The van der Waals surface area contributed by atoms with Gasteiger partial charge in [0.15, 0.2) is 5.65 Å². The topological polar surface area (TPSA) is 102 Å². The van der Waals surface area contributed by atoms with Gasteiger partial charge in [0.05, 0.1) is 18.0 Å². The first-order valence-corrected chi connectivity index (χ1v) is 8.17. The van der Waals surface area contributed by atoms with E-state index in [4.69, 9.17) is 10.8 Å². The molecule has 3 aromatic rings. The number of nitrogens with zero attached hydrogens (tertiary/aromatic N) is 4. The molecule has 132 valence electrons.